The Bertz CT molecular complexity index is 829. The Hall–Kier alpha value is -3.42. The molecule has 3 amide bonds. The molecule has 1 unspecified atom stereocenters. The molecule has 2 atom stereocenters. The zero-order valence-corrected chi connectivity index (χ0v) is 15.4. The number of rotatable bonds is 8. The number of nitrogens with one attached hydrogen (secondary N) is 2. The number of primary amides is 1. The maximum absolute atomic E-state index is 14.1. The molecule has 0 aliphatic rings. The SMILES string of the molecule is COC(=O)[C@@H](Cc1ccccc1)NC(=O)CC(NC(N)=O)c1ccccc1F. The molecule has 0 heterocycles. The minimum Gasteiger partial charge on any atom is -0.467 e. The van der Waals surface area contributed by atoms with E-state index in [1.54, 1.807) is 6.07 Å². The van der Waals surface area contributed by atoms with Crippen LogP contribution in [-0.4, -0.2) is 31.1 Å². The molecule has 8 heteroatoms. The topological polar surface area (TPSA) is 111 Å². The Kier molecular flexibility index (Phi) is 7.50. The van der Waals surface area contributed by atoms with Crippen molar-refractivity contribution in [2.75, 3.05) is 7.11 Å². The van der Waals surface area contributed by atoms with Gasteiger partial charge in [0.25, 0.3) is 0 Å². The first kappa shape index (κ1) is 20.9. The van der Waals surface area contributed by atoms with Crippen molar-refractivity contribution < 1.29 is 23.5 Å². The lowest BCUT2D eigenvalue weighted by molar-refractivity contribution is -0.145. The summed E-state index contributed by atoms with van der Waals surface area (Å²) in [4.78, 5) is 35.8. The second-order valence-corrected chi connectivity index (χ2v) is 6.12. The molecule has 0 saturated heterocycles. The number of ether oxygens (including phenoxy) is 1. The van der Waals surface area contributed by atoms with Crippen molar-refractivity contribution >= 4 is 17.9 Å². The number of hydrogen-bond acceptors (Lipinski definition) is 4. The number of nitrogens with two attached hydrogens (primary N) is 1. The summed E-state index contributed by atoms with van der Waals surface area (Å²) in [5, 5.41) is 4.94. The summed E-state index contributed by atoms with van der Waals surface area (Å²) in [5.74, 6) is -1.75. The molecule has 0 aromatic heterocycles. The molecule has 2 aromatic rings. The largest absolute Gasteiger partial charge is 0.467 e. The van der Waals surface area contributed by atoms with Crippen LogP contribution >= 0.6 is 0 Å². The van der Waals surface area contributed by atoms with Crippen molar-refractivity contribution in [1.82, 2.24) is 10.6 Å². The number of amides is 3. The maximum atomic E-state index is 14.1. The van der Waals surface area contributed by atoms with Gasteiger partial charge in [0.15, 0.2) is 0 Å². The number of esters is 1. The minimum atomic E-state index is -0.978. The van der Waals surface area contributed by atoms with Gasteiger partial charge in [-0.05, 0) is 11.6 Å². The van der Waals surface area contributed by atoms with E-state index in [-0.39, 0.29) is 18.4 Å². The first-order chi connectivity index (χ1) is 13.4. The first-order valence-electron chi connectivity index (χ1n) is 8.62. The van der Waals surface area contributed by atoms with E-state index in [9.17, 15) is 18.8 Å². The van der Waals surface area contributed by atoms with Gasteiger partial charge in [-0.3, -0.25) is 4.79 Å². The van der Waals surface area contributed by atoms with Crippen LogP contribution in [-0.2, 0) is 20.7 Å². The van der Waals surface area contributed by atoms with Crippen molar-refractivity contribution in [2.24, 2.45) is 5.73 Å². The van der Waals surface area contributed by atoms with E-state index in [1.807, 2.05) is 30.3 Å². The summed E-state index contributed by atoms with van der Waals surface area (Å²) in [6.07, 6.45) is -0.0704. The molecule has 28 heavy (non-hydrogen) atoms. The number of halogens is 1. The molecular weight excluding hydrogens is 365 g/mol. The highest BCUT2D eigenvalue weighted by Crippen LogP contribution is 2.20. The van der Waals surface area contributed by atoms with E-state index in [1.165, 1.54) is 25.3 Å². The second-order valence-electron chi connectivity index (χ2n) is 6.12. The summed E-state index contributed by atoms with van der Waals surface area (Å²) in [6, 6.07) is 12.1. The molecule has 7 nitrogen and oxygen atoms in total. The van der Waals surface area contributed by atoms with Gasteiger partial charge in [-0.15, -0.1) is 0 Å². The Balaban J connectivity index is 2.13. The normalized spacial score (nSPS) is 12.5. The van der Waals surface area contributed by atoms with Crippen molar-refractivity contribution in [3.63, 3.8) is 0 Å². The molecular formula is C20H22FN3O4. The molecule has 0 saturated carbocycles. The third kappa shape index (κ3) is 6.08. The monoisotopic (exact) mass is 387 g/mol. The zero-order chi connectivity index (χ0) is 20.5. The van der Waals surface area contributed by atoms with Gasteiger partial charge in [0.2, 0.25) is 5.91 Å². The Morgan fingerprint density at radius 3 is 2.29 bits per heavy atom. The van der Waals surface area contributed by atoms with Crippen LogP contribution in [0.1, 0.15) is 23.6 Å². The number of benzene rings is 2. The van der Waals surface area contributed by atoms with Crippen LogP contribution in [0.5, 0.6) is 0 Å². The van der Waals surface area contributed by atoms with Gasteiger partial charge >= 0.3 is 12.0 Å². The average Bonchev–Trinajstić information content (AvgIpc) is 2.67. The molecule has 0 fully saturated rings. The van der Waals surface area contributed by atoms with E-state index in [2.05, 4.69) is 10.6 Å². The van der Waals surface area contributed by atoms with E-state index in [0.717, 1.165) is 5.56 Å². The Labute approximate surface area is 162 Å². The molecule has 0 aliphatic heterocycles. The zero-order valence-electron chi connectivity index (χ0n) is 15.4. The van der Waals surface area contributed by atoms with E-state index in [0.29, 0.717) is 0 Å². The number of carbonyl (C=O) groups is 3. The predicted octanol–water partition coefficient (Wildman–Crippen LogP) is 1.83. The third-order valence-corrected chi connectivity index (χ3v) is 4.09. The predicted molar refractivity (Wildman–Crippen MR) is 101 cm³/mol. The minimum absolute atomic E-state index is 0.120. The molecule has 2 aromatic carbocycles. The highest BCUT2D eigenvalue weighted by Gasteiger charge is 2.25. The van der Waals surface area contributed by atoms with E-state index < -0.39 is 35.8 Å². The highest BCUT2D eigenvalue weighted by molar-refractivity contribution is 5.85. The van der Waals surface area contributed by atoms with Gasteiger partial charge in [0.1, 0.15) is 11.9 Å². The van der Waals surface area contributed by atoms with Crippen molar-refractivity contribution in [2.45, 2.75) is 24.9 Å². The van der Waals surface area contributed by atoms with Crippen LogP contribution in [0.15, 0.2) is 54.6 Å². The summed E-state index contributed by atoms with van der Waals surface area (Å²) in [6.45, 7) is 0. The fraction of sp³-hybridized carbons (Fsp3) is 0.250. The summed E-state index contributed by atoms with van der Waals surface area (Å²) >= 11 is 0. The quantitative estimate of drug-likeness (QED) is 0.600. The van der Waals surface area contributed by atoms with Crippen LogP contribution in [0, 0.1) is 5.82 Å². The van der Waals surface area contributed by atoms with E-state index >= 15 is 0 Å². The molecule has 0 radical (unpaired) electrons. The summed E-state index contributed by atoms with van der Waals surface area (Å²) < 4.78 is 18.8. The number of hydrogen-bond donors (Lipinski definition) is 3. The van der Waals surface area contributed by atoms with Crippen LogP contribution in [0.3, 0.4) is 0 Å². The maximum Gasteiger partial charge on any atom is 0.328 e. The lowest BCUT2D eigenvalue weighted by atomic mass is 10.0. The molecule has 148 valence electrons. The first-order valence-corrected chi connectivity index (χ1v) is 8.62. The van der Waals surface area contributed by atoms with Crippen LogP contribution in [0.4, 0.5) is 9.18 Å². The fourth-order valence-electron chi connectivity index (χ4n) is 2.79. The molecule has 2 rings (SSSR count). The summed E-state index contributed by atoms with van der Waals surface area (Å²) in [5.41, 5.74) is 6.10. The second kappa shape index (κ2) is 10.1. The van der Waals surface area contributed by atoms with Crippen molar-refractivity contribution in [3.05, 3.63) is 71.5 Å². The molecule has 0 aliphatic carbocycles. The van der Waals surface area contributed by atoms with Crippen molar-refractivity contribution in [3.8, 4) is 0 Å². The molecule has 0 spiro atoms. The van der Waals surface area contributed by atoms with Gasteiger partial charge in [-0.25, -0.2) is 14.0 Å². The molecule has 0 bridgehead atoms. The smallest absolute Gasteiger partial charge is 0.328 e. The van der Waals surface area contributed by atoms with Gasteiger partial charge in [0, 0.05) is 12.0 Å². The average molecular weight is 387 g/mol. The Morgan fingerprint density at radius 1 is 1.04 bits per heavy atom. The van der Waals surface area contributed by atoms with Gasteiger partial charge in [-0.1, -0.05) is 48.5 Å². The van der Waals surface area contributed by atoms with Crippen molar-refractivity contribution in [1.29, 1.82) is 0 Å². The van der Waals surface area contributed by atoms with Crippen LogP contribution < -0.4 is 16.4 Å². The Morgan fingerprint density at radius 2 is 1.68 bits per heavy atom. The van der Waals surface area contributed by atoms with E-state index in [4.69, 9.17) is 10.5 Å². The van der Waals surface area contributed by atoms with Crippen LogP contribution in [0.25, 0.3) is 0 Å². The van der Waals surface area contributed by atoms with Gasteiger partial charge < -0.3 is 21.1 Å². The number of urea groups is 1. The van der Waals surface area contributed by atoms with Gasteiger partial charge in [-0.2, -0.15) is 0 Å². The van der Waals surface area contributed by atoms with Gasteiger partial charge in [0.05, 0.1) is 19.6 Å². The third-order valence-electron chi connectivity index (χ3n) is 4.09. The lowest BCUT2D eigenvalue weighted by Crippen LogP contribution is -2.45. The lowest BCUT2D eigenvalue weighted by Gasteiger charge is -2.21. The number of methoxy groups -OCH3 is 1. The highest BCUT2D eigenvalue weighted by atomic mass is 19.1. The standard InChI is InChI=1S/C20H22FN3O4/c1-28-19(26)17(11-13-7-3-2-4-8-13)23-18(25)12-16(24-20(22)27)14-9-5-6-10-15(14)21/h2-10,16-17H,11-12H2,1H3,(H,23,25)(H3,22,24,27)/t16?,17-/m1/s1. The number of carbonyl (C=O) groups excluding carboxylic acids is 3. The summed E-state index contributed by atoms with van der Waals surface area (Å²) in [7, 11) is 1.23. The molecule has 4 N–H and O–H groups in total. The van der Waals surface area contributed by atoms with Crippen LogP contribution in [0.2, 0.25) is 0 Å². The fourth-order valence-corrected chi connectivity index (χ4v) is 2.79.